The first-order chi connectivity index (χ1) is 13.9. The van der Waals surface area contributed by atoms with E-state index < -0.39 is 0 Å². The number of nitrogens with one attached hydrogen (secondary N) is 1. The van der Waals surface area contributed by atoms with Crippen molar-refractivity contribution in [2.45, 2.75) is 0 Å². The quantitative estimate of drug-likeness (QED) is 0.269. The van der Waals surface area contributed by atoms with E-state index in [2.05, 4.69) is 48.8 Å². The first kappa shape index (κ1) is 20.2. The number of nitrogens with zero attached hydrogens (tertiary/aromatic N) is 1. The third-order valence-corrected chi connectivity index (χ3v) is 5.81. The van der Waals surface area contributed by atoms with Crippen LogP contribution < -0.4 is 10.1 Å². The first-order valence-corrected chi connectivity index (χ1v) is 10.7. The molecule has 8 heteroatoms. The number of hydrogen-bond acceptors (Lipinski definition) is 4. The summed E-state index contributed by atoms with van der Waals surface area (Å²) >= 11 is 11.8. The van der Waals surface area contributed by atoms with Crippen LogP contribution in [0.3, 0.4) is 0 Å². The summed E-state index contributed by atoms with van der Waals surface area (Å²) in [4.78, 5) is 17.3. The van der Waals surface area contributed by atoms with Gasteiger partial charge in [-0.15, -0.1) is 0 Å². The number of carbonyl (C=O) groups excluding carboxylic acids is 1. The van der Waals surface area contributed by atoms with Gasteiger partial charge in [0.15, 0.2) is 5.58 Å². The van der Waals surface area contributed by atoms with Crippen LogP contribution in [0.25, 0.3) is 22.6 Å². The number of fused-ring (bicyclic) bond motifs is 1. The van der Waals surface area contributed by atoms with Crippen molar-refractivity contribution in [1.29, 1.82) is 0 Å². The third kappa shape index (κ3) is 4.26. The molecule has 0 bridgehead atoms. The number of aromatic nitrogens is 1. The third-order valence-electron chi connectivity index (χ3n) is 4.21. The van der Waals surface area contributed by atoms with E-state index in [0.29, 0.717) is 39.0 Å². The molecule has 0 unspecified atom stereocenters. The molecular weight excluding hydrogens is 571 g/mol. The van der Waals surface area contributed by atoms with E-state index in [1.807, 2.05) is 18.2 Å². The van der Waals surface area contributed by atoms with Gasteiger partial charge in [0.1, 0.15) is 11.3 Å². The van der Waals surface area contributed by atoms with Crippen molar-refractivity contribution in [3.05, 3.63) is 73.2 Å². The Morgan fingerprint density at radius 2 is 2.00 bits per heavy atom. The van der Waals surface area contributed by atoms with Crippen LogP contribution in [0.5, 0.6) is 5.75 Å². The fourth-order valence-corrected chi connectivity index (χ4v) is 3.92. The van der Waals surface area contributed by atoms with E-state index in [4.69, 9.17) is 20.8 Å². The zero-order valence-electron chi connectivity index (χ0n) is 15.0. The molecule has 29 heavy (non-hydrogen) atoms. The van der Waals surface area contributed by atoms with E-state index in [9.17, 15) is 4.79 Å². The number of ether oxygens (including phenoxy) is 1. The summed E-state index contributed by atoms with van der Waals surface area (Å²) in [7, 11) is 1.51. The van der Waals surface area contributed by atoms with Crippen molar-refractivity contribution < 1.29 is 13.9 Å². The summed E-state index contributed by atoms with van der Waals surface area (Å²) in [5, 5.41) is 3.31. The van der Waals surface area contributed by atoms with Gasteiger partial charge in [-0.1, -0.05) is 11.6 Å². The van der Waals surface area contributed by atoms with Gasteiger partial charge in [-0.25, -0.2) is 4.98 Å². The number of carbonyl (C=O) groups is 1. The molecular formula is C21H13BrClIN2O3. The van der Waals surface area contributed by atoms with Crippen LogP contribution in [0.15, 0.2) is 63.5 Å². The van der Waals surface area contributed by atoms with Crippen LogP contribution in [0.4, 0.5) is 5.69 Å². The summed E-state index contributed by atoms with van der Waals surface area (Å²) < 4.78 is 13.1. The molecule has 0 spiro atoms. The van der Waals surface area contributed by atoms with Gasteiger partial charge in [0.05, 0.1) is 18.2 Å². The van der Waals surface area contributed by atoms with Crippen LogP contribution in [-0.2, 0) is 0 Å². The number of benzene rings is 3. The number of halogens is 3. The number of amides is 1. The summed E-state index contributed by atoms with van der Waals surface area (Å²) in [5.74, 6) is 0.624. The molecule has 1 heterocycles. The van der Waals surface area contributed by atoms with Gasteiger partial charge in [0.2, 0.25) is 5.89 Å². The standard InChI is InChI=1S/C21H13BrClIN2O3/c1-28-18-6-2-11(23)8-15(18)20(27)25-13-4-7-19-17(10-13)26-21(29-19)14-9-12(24)3-5-16(14)22/h2-10H,1H3,(H,25,27). The molecule has 4 rings (SSSR count). The fourth-order valence-electron chi connectivity index (χ4n) is 2.84. The Bertz CT molecular complexity index is 1240. The van der Waals surface area contributed by atoms with E-state index >= 15 is 0 Å². The highest BCUT2D eigenvalue weighted by Gasteiger charge is 2.15. The van der Waals surface area contributed by atoms with Gasteiger partial charge in [0, 0.05) is 18.8 Å². The Kier molecular flexibility index (Phi) is 5.80. The predicted molar refractivity (Wildman–Crippen MR) is 126 cm³/mol. The van der Waals surface area contributed by atoms with E-state index in [1.54, 1.807) is 36.4 Å². The van der Waals surface area contributed by atoms with Gasteiger partial charge in [-0.3, -0.25) is 4.79 Å². The zero-order chi connectivity index (χ0) is 20.5. The lowest BCUT2D eigenvalue weighted by atomic mass is 10.1. The molecule has 3 aromatic carbocycles. The van der Waals surface area contributed by atoms with E-state index in [0.717, 1.165) is 13.6 Å². The minimum Gasteiger partial charge on any atom is -0.496 e. The van der Waals surface area contributed by atoms with E-state index in [1.165, 1.54) is 7.11 Å². The molecule has 0 aliphatic rings. The van der Waals surface area contributed by atoms with Crippen molar-refractivity contribution in [2.24, 2.45) is 0 Å². The zero-order valence-corrected chi connectivity index (χ0v) is 19.5. The average Bonchev–Trinajstić information content (AvgIpc) is 3.13. The largest absolute Gasteiger partial charge is 0.496 e. The molecule has 4 aromatic rings. The molecule has 1 amide bonds. The Morgan fingerprint density at radius 3 is 2.79 bits per heavy atom. The highest BCUT2D eigenvalue weighted by Crippen LogP contribution is 2.32. The second-order valence-electron chi connectivity index (χ2n) is 6.12. The van der Waals surface area contributed by atoms with Crippen molar-refractivity contribution in [1.82, 2.24) is 4.98 Å². The number of rotatable bonds is 4. The molecule has 0 saturated carbocycles. The molecule has 0 atom stereocenters. The molecule has 0 radical (unpaired) electrons. The summed E-state index contributed by atoms with van der Waals surface area (Å²) in [6.07, 6.45) is 0. The van der Waals surface area contributed by atoms with Crippen LogP contribution in [0.1, 0.15) is 10.4 Å². The highest BCUT2D eigenvalue weighted by atomic mass is 127. The Hall–Kier alpha value is -2.10. The molecule has 0 aliphatic heterocycles. The van der Waals surface area contributed by atoms with Crippen molar-refractivity contribution >= 4 is 72.8 Å². The molecule has 146 valence electrons. The van der Waals surface area contributed by atoms with Gasteiger partial charge in [0.25, 0.3) is 5.91 Å². The fraction of sp³-hybridized carbons (Fsp3) is 0.0476. The molecule has 0 saturated heterocycles. The monoisotopic (exact) mass is 582 g/mol. The normalized spacial score (nSPS) is 10.9. The average molecular weight is 584 g/mol. The van der Waals surface area contributed by atoms with E-state index in [-0.39, 0.29) is 5.91 Å². The first-order valence-electron chi connectivity index (χ1n) is 8.45. The van der Waals surface area contributed by atoms with Gasteiger partial charge in [-0.2, -0.15) is 0 Å². The lowest BCUT2D eigenvalue weighted by Crippen LogP contribution is -2.13. The number of methoxy groups -OCH3 is 1. The molecule has 0 fully saturated rings. The van der Waals surface area contributed by atoms with Crippen LogP contribution in [-0.4, -0.2) is 18.0 Å². The summed E-state index contributed by atoms with van der Waals surface area (Å²) in [6.45, 7) is 0. The highest BCUT2D eigenvalue weighted by molar-refractivity contribution is 14.1. The van der Waals surface area contributed by atoms with Gasteiger partial charge >= 0.3 is 0 Å². The SMILES string of the molecule is COc1ccc(Cl)cc1C(=O)Nc1ccc2oc(-c3cc(I)ccc3Br)nc2c1. The van der Waals surface area contributed by atoms with Crippen molar-refractivity contribution in [3.63, 3.8) is 0 Å². The Morgan fingerprint density at radius 1 is 1.17 bits per heavy atom. The van der Waals surface area contributed by atoms with Crippen LogP contribution >= 0.6 is 50.1 Å². The number of anilines is 1. The van der Waals surface area contributed by atoms with Crippen LogP contribution in [0, 0.1) is 3.57 Å². The van der Waals surface area contributed by atoms with Gasteiger partial charge in [-0.05, 0) is 93.1 Å². The van der Waals surface area contributed by atoms with Crippen molar-refractivity contribution in [3.8, 4) is 17.2 Å². The lowest BCUT2D eigenvalue weighted by molar-refractivity contribution is 0.102. The Balaban J connectivity index is 1.65. The number of hydrogen-bond donors (Lipinski definition) is 1. The second kappa shape index (κ2) is 8.33. The number of oxazole rings is 1. The Labute approximate surface area is 193 Å². The van der Waals surface area contributed by atoms with Crippen molar-refractivity contribution in [2.75, 3.05) is 12.4 Å². The molecule has 1 N–H and O–H groups in total. The minimum atomic E-state index is -0.326. The maximum Gasteiger partial charge on any atom is 0.259 e. The molecule has 0 aliphatic carbocycles. The van der Waals surface area contributed by atoms with Crippen LogP contribution in [0.2, 0.25) is 5.02 Å². The molecule has 1 aromatic heterocycles. The second-order valence-corrected chi connectivity index (χ2v) is 8.66. The minimum absolute atomic E-state index is 0.326. The smallest absolute Gasteiger partial charge is 0.259 e. The van der Waals surface area contributed by atoms with Gasteiger partial charge < -0.3 is 14.5 Å². The summed E-state index contributed by atoms with van der Waals surface area (Å²) in [5.41, 5.74) is 3.07. The molecule has 5 nitrogen and oxygen atoms in total. The maximum absolute atomic E-state index is 12.7. The topological polar surface area (TPSA) is 64.4 Å². The maximum atomic E-state index is 12.7. The summed E-state index contributed by atoms with van der Waals surface area (Å²) in [6, 6.07) is 16.1. The predicted octanol–water partition coefficient (Wildman–Crippen LogP) is 6.78. The lowest BCUT2D eigenvalue weighted by Gasteiger charge is -2.09.